The second-order valence-electron chi connectivity index (χ2n) is 6.11. The first kappa shape index (κ1) is 18.8. The second kappa shape index (κ2) is 8.59. The molecule has 2 atom stereocenters. The van der Waals surface area contributed by atoms with E-state index >= 15 is 0 Å². The fourth-order valence-corrected chi connectivity index (χ4v) is 3.27. The Hall–Kier alpha value is -3.00. The summed E-state index contributed by atoms with van der Waals surface area (Å²) in [6.45, 7) is 1.57. The molecule has 0 aliphatic heterocycles. The summed E-state index contributed by atoms with van der Waals surface area (Å²) in [6.07, 6.45) is 0.410. The summed E-state index contributed by atoms with van der Waals surface area (Å²) < 4.78 is 5.18. The largest absolute Gasteiger partial charge is 0.481 e. The molecular formula is C19H19N3O4S. The monoisotopic (exact) mass is 385 g/mol. The molecule has 7 nitrogen and oxygen atoms in total. The van der Waals surface area contributed by atoms with Gasteiger partial charge in [-0.05, 0) is 23.9 Å². The summed E-state index contributed by atoms with van der Waals surface area (Å²) in [7, 11) is 0. The number of hydrogen-bond donors (Lipinski definition) is 2. The van der Waals surface area contributed by atoms with Crippen LogP contribution < -0.4 is 5.32 Å². The number of carbonyl (C=O) groups excluding carboxylic acids is 1. The summed E-state index contributed by atoms with van der Waals surface area (Å²) in [5.74, 6) is -1.14. The molecule has 0 aliphatic rings. The minimum absolute atomic E-state index is 0.126. The molecule has 0 fully saturated rings. The third-order valence-corrected chi connectivity index (χ3v) is 4.86. The van der Waals surface area contributed by atoms with Gasteiger partial charge in [0.05, 0.1) is 12.0 Å². The number of nitrogens with one attached hydrogen (secondary N) is 1. The van der Waals surface area contributed by atoms with Crippen LogP contribution in [0.15, 0.2) is 51.7 Å². The quantitative estimate of drug-likeness (QED) is 0.616. The molecule has 2 unspecified atom stereocenters. The summed E-state index contributed by atoms with van der Waals surface area (Å²) in [5.41, 5.74) is 1.62. The average molecular weight is 385 g/mol. The van der Waals surface area contributed by atoms with Gasteiger partial charge < -0.3 is 14.9 Å². The van der Waals surface area contributed by atoms with Crippen molar-refractivity contribution in [3.8, 4) is 11.4 Å². The number of rotatable bonds is 8. The van der Waals surface area contributed by atoms with Crippen molar-refractivity contribution in [2.24, 2.45) is 5.92 Å². The maximum absolute atomic E-state index is 12.4. The molecule has 2 N–H and O–H groups in total. The SMILES string of the molecule is CC(C(=O)O)C(NC(=O)CCc1nc(-c2ccsc2)no1)c1ccccc1. The van der Waals surface area contributed by atoms with Gasteiger partial charge in [0.15, 0.2) is 0 Å². The van der Waals surface area contributed by atoms with Gasteiger partial charge in [-0.3, -0.25) is 9.59 Å². The Morgan fingerprint density at radius 2 is 2.04 bits per heavy atom. The zero-order chi connectivity index (χ0) is 19.2. The molecule has 0 bridgehead atoms. The van der Waals surface area contributed by atoms with Crippen molar-refractivity contribution >= 4 is 23.2 Å². The van der Waals surface area contributed by atoms with E-state index in [9.17, 15) is 14.7 Å². The lowest BCUT2D eigenvalue weighted by molar-refractivity contribution is -0.142. The molecule has 0 saturated carbocycles. The zero-order valence-corrected chi connectivity index (χ0v) is 15.5. The molecule has 0 saturated heterocycles. The van der Waals surface area contributed by atoms with E-state index in [4.69, 9.17) is 4.52 Å². The minimum Gasteiger partial charge on any atom is -0.481 e. The van der Waals surface area contributed by atoms with Gasteiger partial charge in [0.1, 0.15) is 0 Å². The Labute approximate surface area is 160 Å². The number of nitrogens with zero attached hydrogens (tertiary/aromatic N) is 2. The third-order valence-electron chi connectivity index (χ3n) is 4.18. The molecule has 1 amide bonds. The number of hydrogen-bond acceptors (Lipinski definition) is 6. The fraction of sp³-hybridized carbons (Fsp3) is 0.263. The van der Waals surface area contributed by atoms with Crippen LogP contribution in [0.1, 0.15) is 30.8 Å². The van der Waals surface area contributed by atoms with Crippen LogP contribution in [0.25, 0.3) is 11.4 Å². The van der Waals surface area contributed by atoms with Crippen molar-refractivity contribution in [3.05, 3.63) is 58.6 Å². The van der Waals surface area contributed by atoms with Gasteiger partial charge in [0, 0.05) is 23.8 Å². The van der Waals surface area contributed by atoms with E-state index in [0.717, 1.165) is 11.1 Å². The molecule has 3 aromatic rings. The Balaban J connectivity index is 1.62. The number of aromatic nitrogens is 2. The second-order valence-corrected chi connectivity index (χ2v) is 6.89. The van der Waals surface area contributed by atoms with Gasteiger partial charge in [0.25, 0.3) is 0 Å². The molecule has 2 aromatic heterocycles. The maximum Gasteiger partial charge on any atom is 0.308 e. The molecule has 2 heterocycles. The number of thiophene rings is 1. The number of aryl methyl sites for hydroxylation is 1. The van der Waals surface area contributed by atoms with Crippen LogP contribution in [0.2, 0.25) is 0 Å². The van der Waals surface area contributed by atoms with Gasteiger partial charge in [-0.15, -0.1) is 0 Å². The highest BCUT2D eigenvalue weighted by Gasteiger charge is 2.26. The van der Waals surface area contributed by atoms with Gasteiger partial charge in [0.2, 0.25) is 17.6 Å². The highest BCUT2D eigenvalue weighted by atomic mass is 32.1. The van der Waals surface area contributed by atoms with Crippen LogP contribution in [0.3, 0.4) is 0 Å². The summed E-state index contributed by atoms with van der Waals surface area (Å²) in [4.78, 5) is 28.1. The van der Waals surface area contributed by atoms with E-state index in [0.29, 0.717) is 11.7 Å². The molecular weight excluding hydrogens is 366 g/mol. The summed E-state index contributed by atoms with van der Waals surface area (Å²) >= 11 is 1.54. The highest BCUT2D eigenvalue weighted by Crippen LogP contribution is 2.23. The Bertz CT molecular complexity index is 893. The van der Waals surface area contributed by atoms with E-state index in [1.807, 2.05) is 35.0 Å². The lowest BCUT2D eigenvalue weighted by atomic mass is 9.94. The molecule has 3 rings (SSSR count). The lowest BCUT2D eigenvalue weighted by Gasteiger charge is -2.22. The number of carboxylic acids is 1. The molecule has 8 heteroatoms. The van der Waals surface area contributed by atoms with Crippen LogP contribution in [-0.4, -0.2) is 27.1 Å². The molecule has 0 spiro atoms. The summed E-state index contributed by atoms with van der Waals surface area (Å²) in [5, 5.41) is 19.9. The van der Waals surface area contributed by atoms with E-state index in [2.05, 4.69) is 15.5 Å². The van der Waals surface area contributed by atoms with E-state index in [1.165, 1.54) is 11.3 Å². The van der Waals surface area contributed by atoms with Crippen molar-refractivity contribution < 1.29 is 19.2 Å². The Morgan fingerprint density at radius 1 is 1.26 bits per heavy atom. The van der Waals surface area contributed by atoms with Crippen LogP contribution in [-0.2, 0) is 16.0 Å². The van der Waals surface area contributed by atoms with Crippen molar-refractivity contribution in [3.63, 3.8) is 0 Å². The third kappa shape index (κ3) is 4.79. The van der Waals surface area contributed by atoms with Crippen LogP contribution >= 0.6 is 11.3 Å². The van der Waals surface area contributed by atoms with Crippen LogP contribution in [0.5, 0.6) is 0 Å². The van der Waals surface area contributed by atoms with Crippen LogP contribution in [0, 0.1) is 5.92 Å². The lowest BCUT2D eigenvalue weighted by Crippen LogP contribution is -2.35. The smallest absolute Gasteiger partial charge is 0.308 e. The normalized spacial score (nSPS) is 13.1. The van der Waals surface area contributed by atoms with E-state index in [1.54, 1.807) is 19.1 Å². The van der Waals surface area contributed by atoms with Gasteiger partial charge in [-0.2, -0.15) is 16.3 Å². The minimum atomic E-state index is -0.971. The molecule has 1 aromatic carbocycles. The van der Waals surface area contributed by atoms with Crippen molar-refractivity contribution in [2.75, 3.05) is 0 Å². The topological polar surface area (TPSA) is 105 Å². The fourth-order valence-electron chi connectivity index (χ4n) is 2.63. The van der Waals surface area contributed by atoms with Gasteiger partial charge >= 0.3 is 5.97 Å². The zero-order valence-electron chi connectivity index (χ0n) is 14.7. The molecule has 27 heavy (non-hydrogen) atoms. The number of benzene rings is 1. The van der Waals surface area contributed by atoms with Crippen LogP contribution in [0.4, 0.5) is 0 Å². The van der Waals surface area contributed by atoms with Crippen molar-refractivity contribution in [1.82, 2.24) is 15.5 Å². The van der Waals surface area contributed by atoms with Crippen molar-refractivity contribution in [2.45, 2.75) is 25.8 Å². The Kier molecular flexibility index (Phi) is 5.97. The highest BCUT2D eigenvalue weighted by molar-refractivity contribution is 7.08. The number of aliphatic carboxylic acids is 1. The number of carboxylic acid groups (broad SMARTS) is 1. The number of carbonyl (C=O) groups is 2. The maximum atomic E-state index is 12.4. The van der Waals surface area contributed by atoms with Gasteiger partial charge in [-0.1, -0.05) is 35.5 Å². The predicted molar refractivity (Wildman–Crippen MR) is 100 cm³/mol. The first-order valence-corrected chi connectivity index (χ1v) is 9.41. The number of amides is 1. The Morgan fingerprint density at radius 3 is 2.70 bits per heavy atom. The first-order chi connectivity index (χ1) is 13.0. The van der Waals surface area contributed by atoms with Gasteiger partial charge in [-0.25, -0.2) is 0 Å². The van der Waals surface area contributed by atoms with Crippen molar-refractivity contribution in [1.29, 1.82) is 0 Å². The summed E-state index contributed by atoms with van der Waals surface area (Å²) in [6, 6.07) is 10.4. The molecule has 0 radical (unpaired) electrons. The van der Waals surface area contributed by atoms with E-state index in [-0.39, 0.29) is 18.7 Å². The standard InChI is InChI=1S/C19H19N3O4S/c1-12(19(24)25)17(13-5-3-2-4-6-13)20-15(23)7-8-16-21-18(22-26-16)14-9-10-27-11-14/h2-6,9-12,17H,7-8H2,1H3,(H,20,23)(H,24,25). The first-order valence-electron chi connectivity index (χ1n) is 8.47. The van der Waals surface area contributed by atoms with E-state index < -0.39 is 17.9 Å². The predicted octanol–water partition coefficient (Wildman–Crippen LogP) is 3.31. The average Bonchev–Trinajstić information content (AvgIpc) is 3.36. The molecule has 140 valence electrons. The molecule has 0 aliphatic carbocycles.